The van der Waals surface area contributed by atoms with Crippen LogP contribution in [0, 0.1) is 12.8 Å². The first-order chi connectivity index (χ1) is 14.5. The number of likely N-dealkylation sites (tertiary alicyclic amines) is 1. The van der Waals surface area contributed by atoms with Crippen molar-refractivity contribution in [3.63, 3.8) is 0 Å². The molecule has 0 radical (unpaired) electrons. The van der Waals surface area contributed by atoms with E-state index in [-0.39, 0.29) is 18.2 Å². The SMILES string of the molecule is Cc1ccccc1C(=O)NCCC(=O)NCc1ccccc1CN1CCCC(C)C1. The van der Waals surface area contributed by atoms with Gasteiger partial charge in [0.1, 0.15) is 0 Å². The summed E-state index contributed by atoms with van der Waals surface area (Å²) in [7, 11) is 0. The second kappa shape index (κ2) is 10.9. The Morgan fingerprint density at radius 1 is 1.03 bits per heavy atom. The Balaban J connectivity index is 1.44. The average Bonchev–Trinajstić information content (AvgIpc) is 2.73. The Hall–Kier alpha value is -2.66. The molecule has 2 N–H and O–H groups in total. The van der Waals surface area contributed by atoms with E-state index in [9.17, 15) is 9.59 Å². The maximum Gasteiger partial charge on any atom is 0.251 e. The molecule has 1 aliphatic heterocycles. The van der Waals surface area contributed by atoms with E-state index in [0.717, 1.165) is 36.7 Å². The zero-order valence-electron chi connectivity index (χ0n) is 18.1. The molecule has 0 spiro atoms. The van der Waals surface area contributed by atoms with E-state index in [2.05, 4.69) is 40.7 Å². The van der Waals surface area contributed by atoms with Crippen molar-refractivity contribution in [1.29, 1.82) is 0 Å². The highest BCUT2D eigenvalue weighted by Crippen LogP contribution is 2.19. The van der Waals surface area contributed by atoms with Crippen molar-refractivity contribution in [2.24, 2.45) is 5.92 Å². The molecule has 2 amide bonds. The van der Waals surface area contributed by atoms with Gasteiger partial charge >= 0.3 is 0 Å². The van der Waals surface area contributed by atoms with Crippen LogP contribution in [0.5, 0.6) is 0 Å². The lowest BCUT2D eigenvalue weighted by Crippen LogP contribution is -2.34. The van der Waals surface area contributed by atoms with Gasteiger partial charge < -0.3 is 10.6 Å². The van der Waals surface area contributed by atoms with Crippen LogP contribution >= 0.6 is 0 Å². The average molecular weight is 408 g/mol. The van der Waals surface area contributed by atoms with Crippen LogP contribution in [-0.4, -0.2) is 36.3 Å². The van der Waals surface area contributed by atoms with Gasteiger partial charge in [-0.25, -0.2) is 0 Å². The Kier molecular flexibility index (Phi) is 8.03. The molecule has 1 heterocycles. The number of carbonyl (C=O) groups is 2. The lowest BCUT2D eigenvalue weighted by atomic mass is 9.99. The molecule has 160 valence electrons. The second-order valence-corrected chi connectivity index (χ2v) is 8.35. The number of rotatable bonds is 8. The van der Waals surface area contributed by atoms with Crippen LogP contribution in [0.1, 0.15) is 53.2 Å². The third-order valence-corrected chi connectivity index (χ3v) is 5.76. The maximum atomic E-state index is 12.3. The molecule has 1 atom stereocenters. The summed E-state index contributed by atoms with van der Waals surface area (Å²) in [5.41, 5.74) is 4.02. The monoisotopic (exact) mass is 407 g/mol. The zero-order valence-corrected chi connectivity index (χ0v) is 18.1. The van der Waals surface area contributed by atoms with Crippen LogP contribution in [0.4, 0.5) is 0 Å². The van der Waals surface area contributed by atoms with Crippen LogP contribution < -0.4 is 10.6 Å². The van der Waals surface area contributed by atoms with Crippen LogP contribution in [0.2, 0.25) is 0 Å². The summed E-state index contributed by atoms with van der Waals surface area (Å²) in [6.07, 6.45) is 2.84. The van der Waals surface area contributed by atoms with Crippen molar-refractivity contribution in [3.05, 3.63) is 70.8 Å². The van der Waals surface area contributed by atoms with Gasteiger partial charge in [-0.2, -0.15) is 0 Å². The fraction of sp³-hybridized carbons (Fsp3) is 0.440. The van der Waals surface area contributed by atoms with E-state index >= 15 is 0 Å². The molecule has 30 heavy (non-hydrogen) atoms. The Morgan fingerprint density at radius 2 is 1.77 bits per heavy atom. The molecule has 1 fully saturated rings. The molecule has 1 aliphatic rings. The molecule has 0 aromatic heterocycles. The highest BCUT2D eigenvalue weighted by Gasteiger charge is 2.17. The van der Waals surface area contributed by atoms with E-state index in [1.165, 1.54) is 18.4 Å². The molecule has 2 aromatic carbocycles. The van der Waals surface area contributed by atoms with Crippen molar-refractivity contribution in [2.75, 3.05) is 19.6 Å². The smallest absolute Gasteiger partial charge is 0.251 e. The quantitative estimate of drug-likeness (QED) is 0.702. The largest absolute Gasteiger partial charge is 0.352 e. The van der Waals surface area contributed by atoms with E-state index < -0.39 is 0 Å². The van der Waals surface area contributed by atoms with Crippen LogP contribution in [0.15, 0.2) is 48.5 Å². The normalized spacial score (nSPS) is 16.8. The molecule has 1 saturated heterocycles. The first-order valence-electron chi connectivity index (χ1n) is 10.9. The predicted octanol–water partition coefficient (Wildman–Crippen LogP) is 3.66. The number of carbonyl (C=O) groups excluding carboxylic acids is 2. The number of aryl methyl sites for hydroxylation is 1. The van der Waals surface area contributed by atoms with Crippen molar-refractivity contribution in [3.8, 4) is 0 Å². The Morgan fingerprint density at radius 3 is 2.53 bits per heavy atom. The topological polar surface area (TPSA) is 61.4 Å². The van der Waals surface area contributed by atoms with Crippen LogP contribution in [0.25, 0.3) is 0 Å². The third-order valence-electron chi connectivity index (χ3n) is 5.76. The number of nitrogens with zero attached hydrogens (tertiary/aromatic N) is 1. The molecule has 2 aromatic rings. The summed E-state index contributed by atoms with van der Waals surface area (Å²) in [5, 5.41) is 5.83. The summed E-state index contributed by atoms with van der Waals surface area (Å²) >= 11 is 0. The van der Waals surface area contributed by atoms with Crippen LogP contribution in [0.3, 0.4) is 0 Å². The molecule has 0 aliphatic carbocycles. The summed E-state index contributed by atoms with van der Waals surface area (Å²) in [5.74, 6) is 0.559. The van der Waals surface area contributed by atoms with Gasteiger partial charge in [-0.3, -0.25) is 14.5 Å². The lowest BCUT2D eigenvalue weighted by Gasteiger charge is -2.31. The van der Waals surface area contributed by atoms with Crippen molar-refractivity contribution in [2.45, 2.75) is 46.2 Å². The predicted molar refractivity (Wildman–Crippen MR) is 120 cm³/mol. The molecule has 1 unspecified atom stereocenters. The van der Waals surface area contributed by atoms with Gasteiger partial charge in [0.2, 0.25) is 5.91 Å². The van der Waals surface area contributed by atoms with Crippen molar-refractivity contribution >= 4 is 11.8 Å². The van der Waals surface area contributed by atoms with E-state index in [1.54, 1.807) is 6.07 Å². The second-order valence-electron chi connectivity index (χ2n) is 8.35. The number of hydrogen-bond acceptors (Lipinski definition) is 3. The Labute approximate surface area is 179 Å². The molecule has 5 heteroatoms. The minimum atomic E-state index is -0.137. The highest BCUT2D eigenvalue weighted by atomic mass is 16.2. The van der Waals surface area contributed by atoms with Gasteiger partial charge in [0, 0.05) is 38.2 Å². The number of benzene rings is 2. The fourth-order valence-corrected chi connectivity index (χ4v) is 4.05. The van der Waals surface area contributed by atoms with Crippen molar-refractivity contribution in [1.82, 2.24) is 15.5 Å². The van der Waals surface area contributed by atoms with Crippen LogP contribution in [-0.2, 0) is 17.9 Å². The molecule has 0 saturated carbocycles. The molecular weight excluding hydrogens is 374 g/mol. The first-order valence-corrected chi connectivity index (χ1v) is 10.9. The molecular formula is C25H33N3O2. The molecule has 3 rings (SSSR count). The molecule has 5 nitrogen and oxygen atoms in total. The van der Waals surface area contributed by atoms with Gasteiger partial charge in [-0.05, 0) is 55.0 Å². The number of hydrogen-bond donors (Lipinski definition) is 2. The van der Waals surface area contributed by atoms with Gasteiger partial charge in [-0.15, -0.1) is 0 Å². The van der Waals surface area contributed by atoms with Crippen molar-refractivity contribution < 1.29 is 9.59 Å². The number of amides is 2. The van der Waals surface area contributed by atoms with Gasteiger partial charge in [0.25, 0.3) is 5.91 Å². The van der Waals surface area contributed by atoms with E-state index in [0.29, 0.717) is 18.7 Å². The van der Waals surface area contributed by atoms with Gasteiger partial charge in [0.05, 0.1) is 0 Å². The summed E-state index contributed by atoms with van der Waals surface area (Å²) in [6.45, 7) is 8.28. The number of piperidine rings is 1. The minimum absolute atomic E-state index is 0.0542. The maximum absolute atomic E-state index is 12.3. The van der Waals surface area contributed by atoms with E-state index in [1.807, 2.05) is 31.2 Å². The summed E-state index contributed by atoms with van der Waals surface area (Å²) < 4.78 is 0. The molecule has 0 bridgehead atoms. The zero-order chi connectivity index (χ0) is 21.3. The lowest BCUT2D eigenvalue weighted by molar-refractivity contribution is -0.121. The standard InChI is InChI=1S/C25H33N3O2/c1-19-8-7-15-28(17-19)18-22-11-5-4-10-21(22)16-27-24(29)13-14-26-25(30)23-12-6-3-9-20(23)2/h3-6,9-12,19H,7-8,13-18H2,1-2H3,(H,26,30)(H,27,29). The third kappa shape index (κ3) is 6.42. The number of nitrogens with one attached hydrogen (secondary N) is 2. The fourth-order valence-electron chi connectivity index (χ4n) is 4.05. The minimum Gasteiger partial charge on any atom is -0.352 e. The summed E-state index contributed by atoms with van der Waals surface area (Å²) in [4.78, 5) is 27.0. The first kappa shape index (κ1) is 22.0. The summed E-state index contributed by atoms with van der Waals surface area (Å²) in [6, 6.07) is 15.8. The van der Waals surface area contributed by atoms with Gasteiger partial charge in [-0.1, -0.05) is 49.4 Å². The van der Waals surface area contributed by atoms with Gasteiger partial charge in [0.15, 0.2) is 0 Å². The van der Waals surface area contributed by atoms with E-state index in [4.69, 9.17) is 0 Å². The highest BCUT2D eigenvalue weighted by molar-refractivity contribution is 5.95. The Bertz CT molecular complexity index is 865.